The molecular weight excluding hydrogens is 761 g/mol. The average Bonchev–Trinajstić information content (AvgIpc) is 3.60. The maximum atomic E-state index is 14.5. The molecule has 5 rings (SSSR count). The van der Waals surface area contributed by atoms with Gasteiger partial charge in [-0.3, -0.25) is 25.0 Å². The van der Waals surface area contributed by atoms with Crippen molar-refractivity contribution >= 4 is 23.9 Å². The Kier molecular flexibility index (Phi) is 16.5. The number of hydrogen-bond acceptors (Lipinski definition) is 9. The number of ether oxygens (including phenoxy) is 1. The fourth-order valence-electron chi connectivity index (χ4n) is 7.39. The maximum Gasteiger partial charge on any atom is 0.407 e. The van der Waals surface area contributed by atoms with Crippen molar-refractivity contribution in [3.8, 4) is 11.3 Å². The SMILES string of the molecule is CCC(C)C(NC(=O)OC)C(=O)NN(Cc1ccc(-c2ccccn2)cc1)CC(O)C(Cc1ccccc1)NC(=O)C(C(C)CC)N1CCN(Cc2cccc(C)n2)C1=O. The molecule has 5 amide bonds. The predicted molar refractivity (Wildman–Crippen MR) is 230 cm³/mol. The molecule has 2 aromatic carbocycles. The third-order valence-electron chi connectivity index (χ3n) is 11.2. The topological polar surface area (TPSA) is 169 Å². The van der Waals surface area contributed by atoms with Gasteiger partial charge in [0, 0.05) is 43.6 Å². The molecule has 0 radical (unpaired) electrons. The number of hydrazine groups is 1. The summed E-state index contributed by atoms with van der Waals surface area (Å²) in [5, 5.41) is 19.6. The van der Waals surface area contributed by atoms with Crippen LogP contribution in [0.4, 0.5) is 9.59 Å². The first-order valence-electron chi connectivity index (χ1n) is 20.8. The third-order valence-corrected chi connectivity index (χ3v) is 11.2. The molecular formula is C46H60N8O6. The van der Waals surface area contributed by atoms with Crippen molar-refractivity contribution < 1.29 is 29.0 Å². The van der Waals surface area contributed by atoms with Crippen molar-refractivity contribution in [2.45, 2.75) is 91.2 Å². The van der Waals surface area contributed by atoms with Gasteiger partial charge in [0.15, 0.2) is 0 Å². The number of pyridine rings is 2. The number of alkyl carbamates (subject to hydrolysis) is 1. The molecule has 0 spiro atoms. The number of rotatable bonds is 20. The number of nitrogens with one attached hydrogen (secondary N) is 3. The number of nitrogens with zero attached hydrogens (tertiary/aromatic N) is 5. The fourth-order valence-corrected chi connectivity index (χ4v) is 7.39. The van der Waals surface area contributed by atoms with Crippen molar-refractivity contribution in [3.05, 3.63) is 120 Å². The predicted octanol–water partition coefficient (Wildman–Crippen LogP) is 5.50. The summed E-state index contributed by atoms with van der Waals surface area (Å²) in [4.78, 5) is 67.1. The van der Waals surface area contributed by atoms with Gasteiger partial charge in [-0.2, -0.15) is 0 Å². The number of aliphatic hydroxyl groups excluding tert-OH is 1. The minimum Gasteiger partial charge on any atom is -0.453 e. The van der Waals surface area contributed by atoms with Crippen molar-refractivity contribution in [2.75, 3.05) is 26.7 Å². The summed E-state index contributed by atoms with van der Waals surface area (Å²) < 4.78 is 4.83. The van der Waals surface area contributed by atoms with Crippen LogP contribution >= 0.6 is 0 Å². The normalized spacial score (nSPS) is 15.8. The first-order valence-corrected chi connectivity index (χ1v) is 20.8. The summed E-state index contributed by atoms with van der Waals surface area (Å²) in [6.45, 7) is 10.9. The maximum absolute atomic E-state index is 14.5. The van der Waals surface area contributed by atoms with Crippen LogP contribution in [0.2, 0.25) is 0 Å². The number of aryl methyl sites for hydroxylation is 1. The smallest absolute Gasteiger partial charge is 0.407 e. The number of hydrogen-bond donors (Lipinski definition) is 4. The van der Waals surface area contributed by atoms with Crippen molar-refractivity contribution in [3.63, 3.8) is 0 Å². The van der Waals surface area contributed by atoms with E-state index < -0.39 is 36.2 Å². The number of aliphatic hydroxyl groups is 1. The van der Waals surface area contributed by atoms with E-state index in [-0.39, 0.29) is 43.3 Å². The number of carbonyl (C=O) groups is 4. The lowest BCUT2D eigenvalue weighted by atomic mass is 9.95. The summed E-state index contributed by atoms with van der Waals surface area (Å²) >= 11 is 0. The Morgan fingerprint density at radius 2 is 1.57 bits per heavy atom. The average molecular weight is 821 g/mol. The number of amides is 5. The van der Waals surface area contributed by atoms with Gasteiger partial charge in [0.1, 0.15) is 12.1 Å². The molecule has 3 heterocycles. The molecule has 1 saturated heterocycles. The quantitative estimate of drug-likeness (QED) is 0.0842. The third kappa shape index (κ3) is 12.3. The van der Waals surface area contributed by atoms with Gasteiger partial charge in [0.05, 0.1) is 37.2 Å². The van der Waals surface area contributed by atoms with Gasteiger partial charge in [0.2, 0.25) is 5.91 Å². The van der Waals surface area contributed by atoms with Gasteiger partial charge >= 0.3 is 12.1 Å². The summed E-state index contributed by atoms with van der Waals surface area (Å²) in [5.41, 5.74) is 8.06. The Hall–Kier alpha value is -5.86. The second kappa shape index (κ2) is 21.9. The van der Waals surface area contributed by atoms with Crippen molar-refractivity contribution in [1.82, 2.24) is 40.8 Å². The molecule has 0 aliphatic carbocycles. The molecule has 0 saturated carbocycles. The highest BCUT2D eigenvalue weighted by molar-refractivity contribution is 5.88. The highest BCUT2D eigenvalue weighted by Gasteiger charge is 2.41. The van der Waals surface area contributed by atoms with Crippen LogP contribution in [-0.4, -0.2) is 105 Å². The number of carbonyl (C=O) groups excluding carboxylic acids is 4. The molecule has 14 heteroatoms. The molecule has 1 aliphatic rings. The van der Waals surface area contributed by atoms with E-state index in [1.165, 1.54) is 7.11 Å². The molecule has 320 valence electrons. The van der Waals surface area contributed by atoms with Crippen LogP contribution in [0.25, 0.3) is 11.3 Å². The molecule has 6 atom stereocenters. The first-order chi connectivity index (χ1) is 28.9. The van der Waals surface area contributed by atoms with E-state index in [0.29, 0.717) is 32.5 Å². The summed E-state index contributed by atoms with van der Waals surface area (Å²) in [5.74, 6) is -1.28. The van der Waals surface area contributed by atoms with E-state index in [2.05, 4.69) is 26.0 Å². The molecule has 6 unspecified atom stereocenters. The van der Waals surface area contributed by atoms with Gasteiger partial charge in [-0.25, -0.2) is 14.6 Å². The summed E-state index contributed by atoms with van der Waals surface area (Å²) in [6, 6.07) is 25.9. The van der Waals surface area contributed by atoms with E-state index in [1.807, 2.05) is 126 Å². The van der Waals surface area contributed by atoms with E-state index in [0.717, 1.165) is 33.8 Å². The molecule has 1 fully saturated rings. The Morgan fingerprint density at radius 3 is 2.22 bits per heavy atom. The van der Waals surface area contributed by atoms with Crippen LogP contribution in [0.15, 0.2) is 97.2 Å². The van der Waals surface area contributed by atoms with E-state index in [1.54, 1.807) is 21.0 Å². The second-order valence-corrected chi connectivity index (χ2v) is 15.6. The van der Waals surface area contributed by atoms with Crippen molar-refractivity contribution in [1.29, 1.82) is 0 Å². The van der Waals surface area contributed by atoms with Crippen LogP contribution in [-0.2, 0) is 33.8 Å². The lowest BCUT2D eigenvalue weighted by Crippen LogP contribution is -2.59. The highest BCUT2D eigenvalue weighted by Crippen LogP contribution is 2.24. The van der Waals surface area contributed by atoms with Crippen LogP contribution in [0, 0.1) is 18.8 Å². The van der Waals surface area contributed by atoms with Crippen LogP contribution in [0.5, 0.6) is 0 Å². The molecule has 2 aromatic heterocycles. The zero-order valence-electron chi connectivity index (χ0n) is 35.6. The first kappa shape index (κ1) is 45.2. The van der Waals surface area contributed by atoms with Gasteiger partial charge in [-0.1, -0.05) is 107 Å². The fraction of sp³-hybridized carbons (Fsp3) is 0.435. The number of urea groups is 1. The summed E-state index contributed by atoms with van der Waals surface area (Å²) in [7, 11) is 1.24. The van der Waals surface area contributed by atoms with Gasteiger partial charge < -0.3 is 30.3 Å². The van der Waals surface area contributed by atoms with Gasteiger partial charge in [0.25, 0.3) is 5.91 Å². The standard InChI is InChI=1S/C46H60N8O6/c1-7-31(3)41(50-45(58)60-6)43(56)51-53(28-35-20-22-36(23-21-35)38-19-12-13-24-47-38)30-40(55)39(27-34-16-10-9-11-17-34)49-44(57)42(32(4)8-2)54-26-25-52(46(54)59)29-37-18-14-15-33(5)48-37/h9-24,31-32,39-42,55H,7-8,25-30H2,1-6H3,(H,49,57)(H,50,58)(H,51,56). The number of aromatic nitrogens is 2. The minimum atomic E-state index is -1.20. The largest absolute Gasteiger partial charge is 0.453 e. The van der Waals surface area contributed by atoms with E-state index >= 15 is 0 Å². The van der Waals surface area contributed by atoms with Crippen LogP contribution in [0.3, 0.4) is 0 Å². The van der Waals surface area contributed by atoms with Crippen LogP contribution < -0.4 is 16.1 Å². The Bertz CT molecular complexity index is 2000. The molecule has 0 bridgehead atoms. The minimum absolute atomic E-state index is 0.0924. The highest BCUT2D eigenvalue weighted by atomic mass is 16.5. The lowest BCUT2D eigenvalue weighted by Gasteiger charge is -2.35. The number of methoxy groups -OCH3 is 1. The molecule has 60 heavy (non-hydrogen) atoms. The lowest BCUT2D eigenvalue weighted by molar-refractivity contribution is -0.132. The number of benzene rings is 2. The van der Waals surface area contributed by atoms with Crippen LogP contribution in [0.1, 0.15) is 63.1 Å². The molecule has 4 N–H and O–H groups in total. The molecule has 14 nitrogen and oxygen atoms in total. The summed E-state index contributed by atoms with van der Waals surface area (Å²) in [6.07, 6.45) is 1.31. The molecule has 1 aliphatic heterocycles. The van der Waals surface area contributed by atoms with E-state index in [9.17, 15) is 24.3 Å². The zero-order chi connectivity index (χ0) is 43.2. The molecule has 4 aromatic rings. The Morgan fingerprint density at radius 1 is 0.850 bits per heavy atom. The van der Waals surface area contributed by atoms with Gasteiger partial charge in [-0.15, -0.1) is 0 Å². The van der Waals surface area contributed by atoms with Crippen molar-refractivity contribution in [2.24, 2.45) is 11.8 Å². The Balaban J connectivity index is 1.41. The second-order valence-electron chi connectivity index (χ2n) is 15.6. The monoisotopic (exact) mass is 820 g/mol. The van der Waals surface area contributed by atoms with E-state index in [4.69, 9.17) is 4.74 Å². The van der Waals surface area contributed by atoms with Gasteiger partial charge in [-0.05, 0) is 60.6 Å². The Labute approximate surface area is 353 Å². The zero-order valence-corrected chi connectivity index (χ0v) is 35.6.